The van der Waals surface area contributed by atoms with E-state index in [1.807, 2.05) is 6.07 Å². The summed E-state index contributed by atoms with van der Waals surface area (Å²) in [5, 5.41) is 21.0. The molecule has 112 valence electrons. The molecule has 0 spiro atoms. The lowest BCUT2D eigenvalue weighted by Crippen LogP contribution is -2.08. The highest BCUT2D eigenvalue weighted by atomic mass is 32.1. The van der Waals surface area contributed by atoms with Crippen LogP contribution in [-0.2, 0) is 0 Å². The van der Waals surface area contributed by atoms with Crippen molar-refractivity contribution in [1.29, 1.82) is 5.26 Å². The lowest BCUT2D eigenvalue weighted by atomic mass is 10.1. The van der Waals surface area contributed by atoms with E-state index in [9.17, 15) is 14.9 Å². The largest absolute Gasteiger partial charge is 0.306 e. The molecule has 0 saturated carbocycles. The van der Waals surface area contributed by atoms with E-state index in [0.717, 1.165) is 16.9 Å². The van der Waals surface area contributed by atoms with E-state index in [-0.39, 0.29) is 21.7 Å². The third kappa shape index (κ3) is 2.86. The van der Waals surface area contributed by atoms with Crippen LogP contribution in [0.2, 0.25) is 0 Å². The van der Waals surface area contributed by atoms with Crippen molar-refractivity contribution in [2.24, 2.45) is 0 Å². The van der Waals surface area contributed by atoms with Crippen molar-refractivity contribution >= 4 is 39.4 Å². The number of aromatic nitrogens is 2. The van der Waals surface area contributed by atoms with E-state index in [1.54, 1.807) is 36.4 Å². The van der Waals surface area contributed by atoms with Gasteiger partial charge in [0.2, 0.25) is 0 Å². The fourth-order valence-corrected chi connectivity index (χ4v) is 2.83. The Morgan fingerprint density at radius 2 is 2.04 bits per heavy atom. The second-order valence-electron chi connectivity index (χ2n) is 4.57. The Balaban J connectivity index is 2.01. The van der Waals surface area contributed by atoms with Gasteiger partial charge in [-0.2, -0.15) is 5.26 Å². The number of nitro groups is 1. The number of nitrogens with zero attached hydrogens (tertiary/aromatic N) is 3. The number of rotatable bonds is 3. The second kappa shape index (κ2) is 5.82. The van der Waals surface area contributed by atoms with E-state index in [0.29, 0.717) is 5.56 Å². The molecule has 0 unspecified atom stereocenters. The number of hydrogen-bond acceptors (Lipinski definition) is 6. The molecule has 0 amide bonds. The van der Waals surface area contributed by atoms with Gasteiger partial charge in [0, 0.05) is 0 Å². The summed E-state index contributed by atoms with van der Waals surface area (Å²) in [5.41, 5.74) is 0.857. The minimum atomic E-state index is -0.556. The normalized spacial score (nSPS) is 10.9. The fourth-order valence-electron chi connectivity index (χ4n) is 1.99. The molecule has 7 nitrogen and oxygen atoms in total. The highest BCUT2D eigenvalue weighted by molar-refractivity contribution is 7.17. The molecular weight excluding hydrogens is 316 g/mol. The quantitative estimate of drug-likeness (QED) is 0.588. The Hall–Kier alpha value is -3.31. The molecule has 0 radical (unpaired) electrons. The number of nitriles is 1. The van der Waals surface area contributed by atoms with Crippen LogP contribution in [0, 0.1) is 21.4 Å². The molecule has 3 rings (SSSR count). The zero-order valence-electron chi connectivity index (χ0n) is 11.5. The van der Waals surface area contributed by atoms with Crippen LogP contribution in [0.3, 0.4) is 0 Å². The zero-order valence-corrected chi connectivity index (χ0v) is 12.3. The highest BCUT2D eigenvalue weighted by Gasteiger charge is 2.18. The lowest BCUT2D eigenvalue weighted by Gasteiger charge is -1.96. The average molecular weight is 324 g/mol. The lowest BCUT2D eigenvalue weighted by molar-refractivity contribution is -0.382. The minimum Gasteiger partial charge on any atom is -0.306 e. The van der Waals surface area contributed by atoms with Gasteiger partial charge in [0.25, 0.3) is 5.56 Å². The standard InChI is InChI=1S/C15H8N4O3S/c16-7-10-3-1-9(2-4-10)5-6-12-17-13-11(19(21)22)8-23-14(13)15(20)18-12/h1-6,8H,(H,17,18,20)/b6-5+. The second-order valence-corrected chi connectivity index (χ2v) is 5.45. The number of H-pyrrole nitrogens is 1. The molecule has 23 heavy (non-hydrogen) atoms. The van der Waals surface area contributed by atoms with E-state index < -0.39 is 10.5 Å². The van der Waals surface area contributed by atoms with Crippen LogP contribution in [0.1, 0.15) is 17.0 Å². The first kappa shape index (κ1) is 14.6. The number of hydrogen-bond donors (Lipinski definition) is 1. The van der Waals surface area contributed by atoms with Crippen molar-refractivity contribution in [2.45, 2.75) is 0 Å². The third-order valence-electron chi connectivity index (χ3n) is 3.10. The van der Waals surface area contributed by atoms with Crippen molar-refractivity contribution in [3.63, 3.8) is 0 Å². The van der Waals surface area contributed by atoms with Gasteiger partial charge in [-0.1, -0.05) is 18.2 Å². The molecule has 1 aromatic carbocycles. The van der Waals surface area contributed by atoms with Crippen LogP contribution in [0.5, 0.6) is 0 Å². The first-order valence-corrected chi connectivity index (χ1v) is 7.30. The maximum atomic E-state index is 12.0. The molecule has 0 fully saturated rings. The van der Waals surface area contributed by atoms with Crippen molar-refractivity contribution < 1.29 is 4.92 Å². The molecule has 8 heteroatoms. The van der Waals surface area contributed by atoms with Crippen molar-refractivity contribution in [3.8, 4) is 6.07 Å². The molecule has 0 aliphatic carbocycles. The van der Waals surface area contributed by atoms with Crippen LogP contribution >= 0.6 is 11.3 Å². The van der Waals surface area contributed by atoms with Gasteiger partial charge in [-0.05, 0) is 23.8 Å². The Morgan fingerprint density at radius 3 is 2.70 bits per heavy atom. The van der Waals surface area contributed by atoms with E-state index >= 15 is 0 Å². The molecule has 0 bridgehead atoms. The maximum Gasteiger partial charge on any atom is 0.306 e. The minimum absolute atomic E-state index is 0.0863. The van der Waals surface area contributed by atoms with Gasteiger partial charge in [-0.15, -0.1) is 11.3 Å². The number of nitrogens with one attached hydrogen (secondary N) is 1. The van der Waals surface area contributed by atoms with Gasteiger partial charge in [0.05, 0.1) is 21.9 Å². The number of fused-ring (bicyclic) bond motifs is 1. The summed E-state index contributed by atoms with van der Waals surface area (Å²) in [5.74, 6) is 0.230. The van der Waals surface area contributed by atoms with Gasteiger partial charge in [0.15, 0.2) is 5.52 Å². The topological polar surface area (TPSA) is 113 Å². The molecule has 0 aliphatic rings. The predicted octanol–water partition coefficient (Wildman–Crippen LogP) is 2.93. The predicted molar refractivity (Wildman–Crippen MR) is 87.0 cm³/mol. The SMILES string of the molecule is N#Cc1ccc(/C=C/c2nc3c([N+](=O)[O-])csc3c(=O)[nH]2)cc1. The van der Waals surface area contributed by atoms with Crippen LogP contribution in [0.15, 0.2) is 34.4 Å². The average Bonchev–Trinajstić information content (AvgIpc) is 2.98. The van der Waals surface area contributed by atoms with E-state index in [2.05, 4.69) is 9.97 Å². The molecular formula is C15H8N4O3S. The van der Waals surface area contributed by atoms with Crippen molar-refractivity contribution in [3.05, 3.63) is 67.1 Å². The van der Waals surface area contributed by atoms with E-state index in [1.165, 1.54) is 5.38 Å². The summed E-state index contributed by atoms with van der Waals surface area (Å²) in [6, 6.07) is 8.86. The molecule has 2 aromatic heterocycles. The Kier molecular flexibility index (Phi) is 3.70. The van der Waals surface area contributed by atoms with Gasteiger partial charge in [-0.25, -0.2) is 4.98 Å². The van der Waals surface area contributed by atoms with Crippen molar-refractivity contribution in [2.75, 3.05) is 0 Å². The van der Waals surface area contributed by atoms with Gasteiger partial charge in [-0.3, -0.25) is 14.9 Å². The Labute approximate surface area is 133 Å². The van der Waals surface area contributed by atoms with Crippen LogP contribution in [-0.4, -0.2) is 14.9 Å². The van der Waals surface area contributed by atoms with Crippen LogP contribution < -0.4 is 5.56 Å². The van der Waals surface area contributed by atoms with Crippen molar-refractivity contribution in [1.82, 2.24) is 9.97 Å². The number of benzene rings is 1. The zero-order chi connectivity index (χ0) is 16.4. The van der Waals surface area contributed by atoms with Gasteiger partial charge >= 0.3 is 5.69 Å². The van der Waals surface area contributed by atoms with Gasteiger partial charge < -0.3 is 4.98 Å². The first-order valence-electron chi connectivity index (χ1n) is 6.42. The first-order chi connectivity index (χ1) is 11.1. The Bertz CT molecular complexity index is 1030. The smallest absolute Gasteiger partial charge is 0.306 e. The maximum absolute atomic E-state index is 12.0. The molecule has 1 N–H and O–H groups in total. The monoisotopic (exact) mass is 324 g/mol. The Morgan fingerprint density at radius 1 is 1.30 bits per heavy atom. The van der Waals surface area contributed by atoms with Crippen LogP contribution in [0.4, 0.5) is 5.69 Å². The summed E-state index contributed by atoms with van der Waals surface area (Å²) in [4.78, 5) is 29.1. The number of aromatic amines is 1. The van der Waals surface area contributed by atoms with Crippen LogP contribution in [0.25, 0.3) is 22.4 Å². The van der Waals surface area contributed by atoms with Gasteiger partial charge in [0.1, 0.15) is 10.5 Å². The molecule has 3 aromatic rings. The molecule has 0 atom stereocenters. The fraction of sp³-hybridized carbons (Fsp3) is 0. The number of thiophene rings is 1. The molecule has 0 saturated heterocycles. The summed E-state index contributed by atoms with van der Waals surface area (Å²) in [6.45, 7) is 0. The summed E-state index contributed by atoms with van der Waals surface area (Å²) < 4.78 is 0.229. The summed E-state index contributed by atoms with van der Waals surface area (Å²) in [6.07, 6.45) is 3.26. The molecule has 2 heterocycles. The summed E-state index contributed by atoms with van der Waals surface area (Å²) >= 11 is 0.994. The summed E-state index contributed by atoms with van der Waals surface area (Å²) in [7, 11) is 0. The van der Waals surface area contributed by atoms with E-state index in [4.69, 9.17) is 5.26 Å². The highest BCUT2D eigenvalue weighted by Crippen LogP contribution is 2.27. The third-order valence-corrected chi connectivity index (χ3v) is 4.05. The molecule has 0 aliphatic heterocycles.